The summed E-state index contributed by atoms with van der Waals surface area (Å²) in [7, 11) is -3.30. The van der Waals surface area contributed by atoms with Gasteiger partial charge in [-0.3, -0.25) is 0 Å². The first-order valence-electron chi connectivity index (χ1n) is 4.59. The van der Waals surface area contributed by atoms with E-state index in [4.69, 9.17) is 0 Å². The normalized spacial score (nSPS) is 25.0. The van der Waals surface area contributed by atoms with E-state index in [1.807, 2.05) is 24.3 Å². The zero-order valence-corrected chi connectivity index (χ0v) is 10.3. The maximum Gasteiger partial charge on any atom is 0.277 e. The molecule has 15 heavy (non-hydrogen) atoms. The molecule has 0 radical (unpaired) electrons. The van der Waals surface area contributed by atoms with E-state index in [0.717, 1.165) is 16.5 Å². The van der Waals surface area contributed by atoms with Gasteiger partial charge in [0.2, 0.25) is 0 Å². The van der Waals surface area contributed by atoms with Gasteiger partial charge in [-0.25, -0.2) is 4.72 Å². The van der Waals surface area contributed by atoms with Crippen molar-refractivity contribution in [1.82, 2.24) is 9.44 Å². The molecule has 1 aliphatic rings. The fourth-order valence-corrected chi connectivity index (χ4v) is 2.92. The van der Waals surface area contributed by atoms with Gasteiger partial charge in [0.05, 0.1) is 0 Å². The molecule has 2 N–H and O–H groups in total. The van der Waals surface area contributed by atoms with Crippen LogP contribution >= 0.6 is 15.9 Å². The summed E-state index contributed by atoms with van der Waals surface area (Å²) >= 11 is 3.34. The molecular weight excluding hydrogens is 280 g/mol. The van der Waals surface area contributed by atoms with Gasteiger partial charge in [-0.05, 0) is 24.1 Å². The van der Waals surface area contributed by atoms with E-state index in [2.05, 4.69) is 25.4 Å². The molecule has 1 aromatic rings. The van der Waals surface area contributed by atoms with Crippen molar-refractivity contribution >= 4 is 26.1 Å². The van der Waals surface area contributed by atoms with Crippen LogP contribution in [-0.4, -0.2) is 15.0 Å². The quantitative estimate of drug-likeness (QED) is 0.820. The minimum absolute atomic E-state index is 0.121. The van der Waals surface area contributed by atoms with Crippen molar-refractivity contribution < 1.29 is 8.42 Å². The van der Waals surface area contributed by atoms with Gasteiger partial charge in [-0.1, -0.05) is 28.1 Å². The van der Waals surface area contributed by atoms with Crippen molar-refractivity contribution in [2.45, 2.75) is 12.5 Å². The molecule has 1 fully saturated rings. The molecule has 0 aromatic heterocycles. The molecule has 0 amide bonds. The van der Waals surface area contributed by atoms with Gasteiger partial charge in [0, 0.05) is 17.1 Å². The molecule has 0 saturated carbocycles. The van der Waals surface area contributed by atoms with Crippen molar-refractivity contribution in [3.8, 4) is 0 Å². The fraction of sp³-hybridized carbons (Fsp3) is 0.333. The number of benzene rings is 1. The van der Waals surface area contributed by atoms with Crippen molar-refractivity contribution in [2.24, 2.45) is 0 Å². The van der Waals surface area contributed by atoms with Gasteiger partial charge in [0.15, 0.2) is 0 Å². The summed E-state index contributed by atoms with van der Waals surface area (Å²) in [5.41, 5.74) is 0.989. The molecule has 82 valence electrons. The summed E-state index contributed by atoms with van der Waals surface area (Å²) in [5, 5.41) is 0. The van der Waals surface area contributed by atoms with Gasteiger partial charge in [-0.2, -0.15) is 13.1 Å². The summed E-state index contributed by atoms with van der Waals surface area (Å²) in [5.74, 6) is 0. The van der Waals surface area contributed by atoms with Crippen LogP contribution in [0.4, 0.5) is 0 Å². The van der Waals surface area contributed by atoms with Crippen molar-refractivity contribution in [2.75, 3.05) is 6.54 Å². The lowest BCUT2D eigenvalue weighted by Crippen LogP contribution is -2.45. The lowest BCUT2D eigenvalue weighted by Gasteiger charge is -2.24. The third-order valence-corrected chi connectivity index (χ3v) is 4.00. The molecule has 1 heterocycles. The van der Waals surface area contributed by atoms with E-state index < -0.39 is 10.2 Å². The Balaban J connectivity index is 2.21. The minimum Gasteiger partial charge on any atom is -0.202 e. The highest BCUT2D eigenvalue weighted by atomic mass is 79.9. The van der Waals surface area contributed by atoms with Gasteiger partial charge in [-0.15, -0.1) is 0 Å². The number of nitrogens with one attached hydrogen (secondary N) is 2. The van der Waals surface area contributed by atoms with Crippen molar-refractivity contribution in [3.63, 3.8) is 0 Å². The Kier molecular flexibility index (Phi) is 3.11. The smallest absolute Gasteiger partial charge is 0.202 e. The van der Waals surface area contributed by atoms with E-state index in [0.29, 0.717) is 6.54 Å². The fourth-order valence-electron chi connectivity index (χ4n) is 1.56. The molecule has 1 aliphatic heterocycles. The van der Waals surface area contributed by atoms with Crippen LogP contribution in [0.5, 0.6) is 0 Å². The topological polar surface area (TPSA) is 58.2 Å². The van der Waals surface area contributed by atoms with Crippen LogP contribution in [-0.2, 0) is 10.2 Å². The molecular formula is C9H11BrN2O2S. The lowest BCUT2D eigenvalue weighted by molar-refractivity contribution is 0.494. The average molecular weight is 291 g/mol. The minimum atomic E-state index is -3.30. The molecule has 1 atom stereocenters. The summed E-state index contributed by atoms with van der Waals surface area (Å²) in [4.78, 5) is 0. The molecule has 1 saturated heterocycles. The van der Waals surface area contributed by atoms with E-state index in [9.17, 15) is 8.42 Å². The van der Waals surface area contributed by atoms with Crippen molar-refractivity contribution in [1.29, 1.82) is 0 Å². The highest BCUT2D eigenvalue weighted by Crippen LogP contribution is 2.21. The average Bonchev–Trinajstić information content (AvgIpc) is 2.17. The van der Waals surface area contributed by atoms with Crippen LogP contribution in [0.2, 0.25) is 0 Å². The molecule has 1 aromatic carbocycles. The Morgan fingerprint density at radius 2 is 1.93 bits per heavy atom. The predicted molar refractivity (Wildman–Crippen MR) is 61.6 cm³/mol. The molecule has 6 heteroatoms. The molecule has 0 spiro atoms. The van der Waals surface area contributed by atoms with Crippen LogP contribution in [0.25, 0.3) is 0 Å². The lowest BCUT2D eigenvalue weighted by atomic mass is 10.1. The highest BCUT2D eigenvalue weighted by molar-refractivity contribution is 9.10. The maximum absolute atomic E-state index is 11.3. The van der Waals surface area contributed by atoms with Gasteiger partial charge in [0.25, 0.3) is 10.2 Å². The summed E-state index contributed by atoms with van der Waals surface area (Å²) in [6.45, 7) is 0.482. The second-order valence-corrected chi connectivity index (χ2v) is 5.86. The van der Waals surface area contributed by atoms with Gasteiger partial charge >= 0.3 is 0 Å². The third kappa shape index (κ3) is 2.78. The van der Waals surface area contributed by atoms with Crippen LogP contribution < -0.4 is 9.44 Å². The number of halogens is 1. The Labute approximate surface area is 97.4 Å². The Hall–Kier alpha value is -0.430. The number of hydrogen-bond acceptors (Lipinski definition) is 2. The summed E-state index contributed by atoms with van der Waals surface area (Å²) < 4.78 is 28.5. The summed E-state index contributed by atoms with van der Waals surface area (Å²) in [6.07, 6.45) is 0.765. The monoisotopic (exact) mass is 290 g/mol. The molecule has 1 unspecified atom stereocenters. The maximum atomic E-state index is 11.3. The Morgan fingerprint density at radius 1 is 1.27 bits per heavy atom. The van der Waals surface area contributed by atoms with Crippen molar-refractivity contribution in [3.05, 3.63) is 34.3 Å². The van der Waals surface area contributed by atoms with E-state index in [-0.39, 0.29) is 6.04 Å². The van der Waals surface area contributed by atoms with E-state index in [1.54, 1.807) is 0 Å². The first-order chi connectivity index (χ1) is 7.07. The Morgan fingerprint density at radius 3 is 2.53 bits per heavy atom. The zero-order chi connectivity index (χ0) is 10.9. The molecule has 0 aliphatic carbocycles. The van der Waals surface area contributed by atoms with Crippen LogP contribution in [0.15, 0.2) is 28.7 Å². The second kappa shape index (κ2) is 4.21. The zero-order valence-electron chi connectivity index (χ0n) is 7.90. The second-order valence-electron chi connectivity index (χ2n) is 3.41. The standard InChI is InChI=1S/C9H11BrN2O2S/c10-8-3-1-7(2-4-8)9-5-6-11-15(13,14)12-9/h1-4,9,11-12H,5-6H2. The number of hydrogen-bond donors (Lipinski definition) is 2. The highest BCUT2D eigenvalue weighted by Gasteiger charge is 2.23. The first kappa shape index (κ1) is 11.1. The van der Waals surface area contributed by atoms with E-state index in [1.165, 1.54) is 0 Å². The van der Waals surface area contributed by atoms with Crippen LogP contribution in [0.1, 0.15) is 18.0 Å². The molecule has 0 bridgehead atoms. The van der Waals surface area contributed by atoms with Crippen LogP contribution in [0, 0.1) is 0 Å². The molecule has 4 nitrogen and oxygen atoms in total. The largest absolute Gasteiger partial charge is 0.277 e. The SMILES string of the molecule is O=S1(=O)NCCC(c2ccc(Br)cc2)N1. The van der Waals surface area contributed by atoms with Gasteiger partial charge < -0.3 is 0 Å². The van der Waals surface area contributed by atoms with Gasteiger partial charge in [0.1, 0.15) is 0 Å². The predicted octanol–water partition coefficient (Wildman–Crippen LogP) is 1.32. The molecule has 2 rings (SSSR count). The first-order valence-corrected chi connectivity index (χ1v) is 6.87. The van der Waals surface area contributed by atoms with E-state index >= 15 is 0 Å². The summed E-state index contributed by atoms with van der Waals surface area (Å²) in [6, 6.07) is 7.53. The van der Waals surface area contributed by atoms with Crippen LogP contribution in [0.3, 0.4) is 0 Å². The Bertz CT molecular complexity index is 444. The number of rotatable bonds is 1. The third-order valence-electron chi connectivity index (χ3n) is 2.29.